The maximum Gasteiger partial charge on any atom is 0.148 e. The van der Waals surface area contributed by atoms with Gasteiger partial charge in [-0.05, 0) is 32.1 Å². The fourth-order valence-electron chi connectivity index (χ4n) is 2.94. The van der Waals surface area contributed by atoms with Gasteiger partial charge in [0.25, 0.3) is 0 Å². The molecule has 1 saturated carbocycles. The van der Waals surface area contributed by atoms with Crippen molar-refractivity contribution in [3.8, 4) is 0 Å². The molecule has 2 atom stereocenters. The third kappa shape index (κ3) is 3.60. The van der Waals surface area contributed by atoms with Gasteiger partial charge in [0, 0.05) is 18.0 Å². The minimum Gasteiger partial charge on any atom is -0.367 e. The highest BCUT2D eigenvalue weighted by Gasteiger charge is 2.20. The number of anilines is 2. The Morgan fingerprint density at radius 2 is 2.00 bits per heavy atom. The molecular formula is C15H27N5. The van der Waals surface area contributed by atoms with E-state index in [4.69, 9.17) is 5.84 Å². The standard InChI is InChI=1S/C15H27N5/c1-4-6-13-18-14(11(3)15(19-13)20-16)17-12-8-5-7-10(2)9-12/h10,12H,4-9,16H2,1-3H3,(H2,17,18,19,20). The second-order valence-electron chi connectivity index (χ2n) is 5.97. The van der Waals surface area contributed by atoms with Crippen LogP contribution in [0.1, 0.15) is 57.3 Å². The maximum atomic E-state index is 5.57. The van der Waals surface area contributed by atoms with Crippen LogP contribution in [0.2, 0.25) is 0 Å². The fraction of sp³-hybridized carbons (Fsp3) is 0.733. The van der Waals surface area contributed by atoms with Gasteiger partial charge in [0.15, 0.2) is 0 Å². The number of aryl methyl sites for hydroxylation is 1. The monoisotopic (exact) mass is 277 g/mol. The molecule has 0 aliphatic heterocycles. The Bertz CT molecular complexity index is 446. The molecule has 1 aromatic heterocycles. The van der Waals surface area contributed by atoms with Gasteiger partial charge in [-0.3, -0.25) is 0 Å². The first-order chi connectivity index (χ1) is 9.63. The lowest BCUT2D eigenvalue weighted by molar-refractivity contribution is 0.358. The van der Waals surface area contributed by atoms with Gasteiger partial charge < -0.3 is 10.7 Å². The zero-order valence-electron chi connectivity index (χ0n) is 12.9. The van der Waals surface area contributed by atoms with Crippen LogP contribution in [0.25, 0.3) is 0 Å². The molecule has 0 saturated heterocycles. The third-order valence-corrected chi connectivity index (χ3v) is 4.08. The number of aromatic nitrogens is 2. The van der Waals surface area contributed by atoms with E-state index >= 15 is 0 Å². The van der Waals surface area contributed by atoms with Gasteiger partial charge in [0.05, 0.1) is 0 Å². The number of nitrogen functional groups attached to an aromatic ring is 1. The summed E-state index contributed by atoms with van der Waals surface area (Å²) in [4.78, 5) is 9.13. The fourth-order valence-corrected chi connectivity index (χ4v) is 2.94. The van der Waals surface area contributed by atoms with E-state index in [-0.39, 0.29) is 0 Å². The Hall–Kier alpha value is -1.36. The number of hydrogen-bond acceptors (Lipinski definition) is 5. The predicted octanol–water partition coefficient (Wildman–Crippen LogP) is 3.01. The van der Waals surface area contributed by atoms with Crippen LogP contribution in [0.5, 0.6) is 0 Å². The summed E-state index contributed by atoms with van der Waals surface area (Å²) in [5, 5.41) is 3.61. The van der Waals surface area contributed by atoms with E-state index in [2.05, 4.69) is 34.6 Å². The Labute approximate surface area is 121 Å². The number of nitrogens with one attached hydrogen (secondary N) is 2. The van der Waals surface area contributed by atoms with Crippen molar-refractivity contribution in [3.05, 3.63) is 11.4 Å². The van der Waals surface area contributed by atoms with Crippen molar-refractivity contribution in [1.29, 1.82) is 0 Å². The highest BCUT2D eigenvalue weighted by molar-refractivity contribution is 5.57. The molecule has 20 heavy (non-hydrogen) atoms. The van der Waals surface area contributed by atoms with E-state index in [9.17, 15) is 0 Å². The van der Waals surface area contributed by atoms with E-state index in [1.54, 1.807) is 0 Å². The van der Waals surface area contributed by atoms with Gasteiger partial charge in [-0.1, -0.05) is 26.7 Å². The zero-order chi connectivity index (χ0) is 14.5. The molecule has 0 amide bonds. The van der Waals surface area contributed by atoms with E-state index in [0.29, 0.717) is 6.04 Å². The second kappa shape index (κ2) is 6.88. The predicted molar refractivity (Wildman–Crippen MR) is 83.6 cm³/mol. The second-order valence-corrected chi connectivity index (χ2v) is 5.97. The Kier molecular flexibility index (Phi) is 5.17. The zero-order valence-corrected chi connectivity index (χ0v) is 12.9. The molecule has 0 spiro atoms. The maximum absolute atomic E-state index is 5.57. The molecule has 0 bridgehead atoms. The molecule has 5 heteroatoms. The van der Waals surface area contributed by atoms with Gasteiger partial charge in [-0.15, -0.1) is 0 Å². The van der Waals surface area contributed by atoms with Crippen molar-refractivity contribution in [3.63, 3.8) is 0 Å². The number of hydrazine groups is 1. The van der Waals surface area contributed by atoms with Gasteiger partial charge in [-0.25, -0.2) is 15.8 Å². The summed E-state index contributed by atoms with van der Waals surface area (Å²) in [5.74, 6) is 8.90. The SMILES string of the molecule is CCCc1nc(NN)c(C)c(NC2CCCC(C)C2)n1. The molecule has 5 nitrogen and oxygen atoms in total. The molecule has 112 valence electrons. The topological polar surface area (TPSA) is 75.9 Å². The summed E-state index contributed by atoms with van der Waals surface area (Å²) >= 11 is 0. The highest BCUT2D eigenvalue weighted by Crippen LogP contribution is 2.28. The van der Waals surface area contributed by atoms with Crippen LogP contribution in [0.4, 0.5) is 11.6 Å². The summed E-state index contributed by atoms with van der Waals surface area (Å²) in [6, 6.07) is 0.521. The van der Waals surface area contributed by atoms with Crippen molar-refractivity contribution in [2.24, 2.45) is 11.8 Å². The van der Waals surface area contributed by atoms with Crippen molar-refractivity contribution >= 4 is 11.6 Å². The normalized spacial score (nSPS) is 22.6. The van der Waals surface area contributed by atoms with Crippen molar-refractivity contribution < 1.29 is 0 Å². The lowest BCUT2D eigenvalue weighted by Gasteiger charge is -2.28. The van der Waals surface area contributed by atoms with Crippen LogP contribution in [0.15, 0.2) is 0 Å². The van der Waals surface area contributed by atoms with Crippen molar-refractivity contribution in [1.82, 2.24) is 9.97 Å². The number of nitrogens with two attached hydrogens (primary N) is 1. The third-order valence-electron chi connectivity index (χ3n) is 4.08. The molecule has 1 aliphatic rings. The average molecular weight is 277 g/mol. The Morgan fingerprint density at radius 1 is 1.25 bits per heavy atom. The highest BCUT2D eigenvalue weighted by atomic mass is 15.3. The molecule has 1 heterocycles. The molecular weight excluding hydrogens is 250 g/mol. The largest absolute Gasteiger partial charge is 0.367 e. The van der Waals surface area contributed by atoms with Gasteiger partial charge >= 0.3 is 0 Å². The Morgan fingerprint density at radius 3 is 2.65 bits per heavy atom. The van der Waals surface area contributed by atoms with Crippen LogP contribution in [-0.4, -0.2) is 16.0 Å². The number of rotatable bonds is 5. The molecule has 0 radical (unpaired) electrons. The minimum absolute atomic E-state index is 0.521. The van der Waals surface area contributed by atoms with Crippen LogP contribution >= 0.6 is 0 Å². The van der Waals surface area contributed by atoms with Crippen LogP contribution < -0.4 is 16.6 Å². The van der Waals surface area contributed by atoms with Crippen LogP contribution in [-0.2, 0) is 6.42 Å². The quantitative estimate of drug-likeness (QED) is 0.570. The first-order valence-corrected chi connectivity index (χ1v) is 7.74. The van der Waals surface area contributed by atoms with E-state index in [0.717, 1.165) is 41.8 Å². The molecule has 1 fully saturated rings. The van der Waals surface area contributed by atoms with Crippen LogP contribution in [0.3, 0.4) is 0 Å². The number of hydrogen-bond donors (Lipinski definition) is 3. The van der Waals surface area contributed by atoms with E-state index < -0.39 is 0 Å². The van der Waals surface area contributed by atoms with Crippen molar-refractivity contribution in [2.45, 2.75) is 65.3 Å². The first kappa shape index (κ1) is 15.0. The van der Waals surface area contributed by atoms with Crippen molar-refractivity contribution in [2.75, 3.05) is 10.7 Å². The summed E-state index contributed by atoms with van der Waals surface area (Å²) in [5.41, 5.74) is 3.69. The molecule has 2 rings (SSSR count). The summed E-state index contributed by atoms with van der Waals surface area (Å²) in [6.45, 7) is 6.48. The Balaban J connectivity index is 2.18. The molecule has 1 aromatic rings. The van der Waals surface area contributed by atoms with Gasteiger partial charge in [-0.2, -0.15) is 0 Å². The smallest absolute Gasteiger partial charge is 0.148 e. The lowest BCUT2D eigenvalue weighted by atomic mass is 9.87. The summed E-state index contributed by atoms with van der Waals surface area (Å²) in [6.07, 6.45) is 7.00. The summed E-state index contributed by atoms with van der Waals surface area (Å²) in [7, 11) is 0. The van der Waals surface area contributed by atoms with Gasteiger partial charge in [0.1, 0.15) is 17.5 Å². The minimum atomic E-state index is 0.521. The summed E-state index contributed by atoms with van der Waals surface area (Å²) < 4.78 is 0. The molecule has 1 aliphatic carbocycles. The lowest BCUT2D eigenvalue weighted by Crippen LogP contribution is -2.27. The van der Waals surface area contributed by atoms with E-state index in [1.807, 2.05) is 6.92 Å². The molecule has 4 N–H and O–H groups in total. The average Bonchev–Trinajstić information content (AvgIpc) is 2.42. The van der Waals surface area contributed by atoms with E-state index in [1.165, 1.54) is 25.7 Å². The number of nitrogens with zero attached hydrogens (tertiary/aromatic N) is 2. The van der Waals surface area contributed by atoms with Gasteiger partial charge in [0.2, 0.25) is 0 Å². The molecule has 2 unspecified atom stereocenters. The first-order valence-electron chi connectivity index (χ1n) is 7.74. The molecule has 0 aromatic carbocycles. The van der Waals surface area contributed by atoms with Crippen LogP contribution in [0, 0.1) is 12.8 Å².